The molecular weight excluding hydrogens is 356 g/mol. The Morgan fingerprint density at radius 1 is 1.27 bits per heavy atom. The highest BCUT2D eigenvalue weighted by Gasteiger charge is 2.29. The van der Waals surface area contributed by atoms with Gasteiger partial charge in [0.1, 0.15) is 10.6 Å². The molecule has 2 aromatic rings. The smallest absolute Gasteiger partial charge is 0.335 e. The number of aromatic carboxylic acids is 1. The number of hydrogen-bond acceptors (Lipinski definition) is 5. The van der Waals surface area contributed by atoms with E-state index in [2.05, 4.69) is 6.92 Å². The average Bonchev–Trinajstić information content (AvgIpc) is 3.01. The maximum Gasteiger partial charge on any atom is 0.335 e. The summed E-state index contributed by atoms with van der Waals surface area (Å²) in [5, 5.41) is 14.7. The van der Waals surface area contributed by atoms with Crippen molar-refractivity contribution in [1.82, 2.24) is 0 Å². The monoisotopic (exact) mass is 376 g/mol. The SMILES string of the molecule is CC1CCN(c2cc(C(=O)O)cc(S(N)(=O)=O)c2Oc2ccccc2)C1. The first-order chi connectivity index (χ1) is 12.3. The normalized spacial score (nSPS) is 17.3. The van der Waals surface area contributed by atoms with Gasteiger partial charge in [0.25, 0.3) is 0 Å². The van der Waals surface area contributed by atoms with Crippen molar-refractivity contribution in [1.29, 1.82) is 0 Å². The number of carboxylic acid groups (broad SMARTS) is 1. The van der Waals surface area contributed by atoms with Crippen LogP contribution >= 0.6 is 0 Å². The second-order valence-corrected chi connectivity index (χ2v) is 7.96. The lowest BCUT2D eigenvalue weighted by atomic mass is 10.1. The molecule has 1 saturated heterocycles. The van der Waals surface area contributed by atoms with Gasteiger partial charge in [0.2, 0.25) is 10.0 Å². The highest BCUT2D eigenvalue weighted by atomic mass is 32.2. The van der Waals surface area contributed by atoms with E-state index in [9.17, 15) is 18.3 Å². The van der Waals surface area contributed by atoms with Gasteiger partial charge in [-0.1, -0.05) is 25.1 Å². The lowest BCUT2D eigenvalue weighted by Crippen LogP contribution is -2.22. The Hall–Kier alpha value is -2.58. The Labute approximate surface area is 152 Å². The van der Waals surface area contributed by atoms with E-state index >= 15 is 0 Å². The van der Waals surface area contributed by atoms with E-state index in [4.69, 9.17) is 9.88 Å². The number of nitrogens with zero attached hydrogens (tertiary/aromatic N) is 1. The predicted molar refractivity (Wildman–Crippen MR) is 97.3 cm³/mol. The van der Waals surface area contributed by atoms with Gasteiger partial charge in [-0.2, -0.15) is 0 Å². The number of hydrogen-bond donors (Lipinski definition) is 2. The van der Waals surface area contributed by atoms with E-state index in [0.29, 0.717) is 30.4 Å². The molecule has 0 saturated carbocycles. The van der Waals surface area contributed by atoms with Crippen molar-refractivity contribution in [2.45, 2.75) is 18.2 Å². The molecule has 2 aromatic carbocycles. The number of ether oxygens (including phenoxy) is 1. The number of carboxylic acids is 1. The van der Waals surface area contributed by atoms with Crippen LogP contribution in [0.3, 0.4) is 0 Å². The Kier molecular flexibility index (Phi) is 4.88. The van der Waals surface area contributed by atoms with Gasteiger partial charge < -0.3 is 14.7 Å². The minimum Gasteiger partial charge on any atom is -0.478 e. The van der Waals surface area contributed by atoms with Crippen molar-refractivity contribution in [2.24, 2.45) is 11.1 Å². The van der Waals surface area contributed by atoms with E-state index in [1.54, 1.807) is 24.3 Å². The van der Waals surface area contributed by atoms with Crippen molar-refractivity contribution in [2.75, 3.05) is 18.0 Å². The Bertz CT molecular complexity index is 928. The van der Waals surface area contributed by atoms with Crippen LogP contribution in [0.1, 0.15) is 23.7 Å². The molecule has 8 heteroatoms. The van der Waals surface area contributed by atoms with Crippen LogP contribution in [0.5, 0.6) is 11.5 Å². The van der Waals surface area contributed by atoms with Crippen LogP contribution in [-0.4, -0.2) is 32.6 Å². The second kappa shape index (κ2) is 6.97. The molecular formula is C18H20N2O5S. The van der Waals surface area contributed by atoms with Gasteiger partial charge in [-0.15, -0.1) is 0 Å². The molecule has 0 aromatic heterocycles. The van der Waals surface area contributed by atoms with Crippen LogP contribution in [0.4, 0.5) is 5.69 Å². The van der Waals surface area contributed by atoms with E-state index in [1.165, 1.54) is 6.07 Å². The van der Waals surface area contributed by atoms with Crippen LogP contribution in [0.25, 0.3) is 0 Å². The number of sulfonamides is 1. The lowest BCUT2D eigenvalue weighted by Gasteiger charge is -2.24. The van der Waals surface area contributed by atoms with Crippen molar-refractivity contribution in [3.8, 4) is 11.5 Å². The number of nitrogens with two attached hydrogens (primary N) is 1. The molecule has 3 rings (SSSR count). The fourth-order valence-corrected chi connectivity index (χ4v) is 3.72. The summed E-state index contributed by atoms with van der Waals surface area (Å²) in [6.45, 7) is 3.44. The van der Waals surface area contributed by atoms with Crippen LogP contribution < -0.4 is 14.8 Å². The summed E-state index contributed by atoms with van der Waals surface area (Å²) in [5.74, 6) is -0.326. The zero-order valence-corrected chi connectivity index (χ0v) is 15.1. The highest BCUT2D eigenvalue weighted by molar-refractivity contribution is 7.89. The largest absolute Gasteiger partial charge is 0.478 e. The topological polar surface area (TPSA) is 110 Å². The van der Waals surface area contributed by atoms with Crippen molar-refractivity contribution < 1.29 is 23.1 Å². The van der Waals surface area contributed by atoms with E-state index in [0.717, 1.165) is 12.5 Å². The Morgan fingerprint density at radius 2 is 1.96 bits per heavy atom. The minimum absolute atomic E-state index is 0.0535. The fraction of sp³-hybridized carbons (Fsp3) is 0.278. The Morgan fingerprint density at radius 3 is 2.50 bits per heavy atom. The molecule has 1 aliphatic heterocycles. The summed E-state index contributed by atoms with van der Waals surface area (Å²) >= 11 is 0. The number of rotatable bonds is 5. The maximum atomic E-state index is 12.1. The highest BCUT2D eigenvalue weighted by Crippen LogP contribution is 2.41. The van der Waals surface area contributed by atoms with E-state index in [1.807, 2.05) is 11.0 Å². The van der Waals surface area contributed by atoms with Crippen LogP contribution in [0.15, 0.2) is 47.4 Å². The van der Waals surface area contributed by atoms with Crippen molar-refractivity contribution >= 4 is 21.7 Å². The molecule has 1 heterocycles. The van der Waals surface area contributed by atoms with Gasteiger partial charge in [0, 0.05) is 13.1 Å². The van der Waals surface area contributed by atoms with Gasteiger partial charge in [-0.25, -0.2) is 18.4 Å². The molecule has 26 heavy (non-hydrogen) atoms. The molecule has 138 valence electrons. The third-order valence-electron chi connectivity index (χ3n) is 4.32. The van der Waals surface area contributed by atoms with Crippen LogP contribution in [-0.2, 0) is 10.0 Å². The molecule has 1 fully saturated rings. The molecule has 1 atom stereocenters. The Balaban J connectivity index is 2.21. The summed E-state index contributed by atoms with van der Waals surface area (Å²) in [4.78, 5) is 13.1. The average molecular weight is 376 g/mol. The summed E-state index contributed by atoms with van der Waals surface area (Å²) in [6, 6.07) is 11.2. The van der Waals surface area contributed by atoms with E-state index < -0.39 is 16.0 Å². The molecule has 0 spiro atoms. The molecule has 1 unspecified atom stereocenters. The summed E-state index contributed by atoms with van der Waals surface area (Å²) < 4.78 is 30.1. The van der Waals surface area contributed by atoms with Gasteiger partial charge >= 0.3 is 5.97 Å². The quantitative estimate of drug-likeness (QED) is 0.830. The van der Waals surface area contributed by atoms with Gasteiger partial charge in [-0.05, 0) is 36.6 Å². The van der Waals surface area contributed by atoms with E-state index in [-0.39, 0.29) is 16.2 Å². The first-order valence-electron chi connectivity index (χ1n) is 8.17. The third kappa shape index (κ3) is 3.81. The predicted octanol–water partition coefficient (Wildman–Crippen LogP) is 2.67. The first kappa shape index (κ1) is 18.2. The second-order valence-electron chi connectivity index (χ2n) is 6.43. The van der Waals surface area contributed by atoms with Gasteiger partial charge in [0.15, 0.2) is 5.75 Å². The van der Waals surface area contributed by atoms with Gasteiger partial charge in [0.05, 0.1) is 11.3 Å². The molecule has 0 amide bonds. The third-order valence-corrected chi connectivity index (χ3v) is 5.23. The minimum atomic E-state index is -4.19. The number of anilines is 1. The number of carbonyl (C=O) groups is 1. The summed E-state index contributed by atoms with van der Waals surface area (Å²) in [5.41, 5.74) is 0.270. The van der Waals surface area contributed by atoms with Crippen molar-refractivity contribution in [3.05, 3.63) is 48.0 Å². The summed E-state index contributed by atoms with van der Waals surface area (Å²) in [7, 11) is -4.19. The number of primary sulfonamides is 1. The zero-order valence-electron chi connectivity index (χ0n) is 14.3. The van der Waals surface area contributed by atoms with Crippen LogP contribution in [0.2, 0.25) is 0 Å². The van der Waals surface area contributed by atoms with Crippen molar-refractivity contribution in [3.63, 3.8) is 0 Å². The molecule has 0 radical (unpaired) electrons. The number of para-hydroxylation sites is 1. The lowest BCUT2D eigenvalue weighted by molar-refractivity contribution is 0.0696. The zero-order chi connectivity index (χ0) is 18.9. The standard InChI is InChI=1S/C18H20N2O5S/c1-12-7-8-20(11-12)15-9-13(18(21)22)10-16(26(19,23)24)17(15)25-14-5-3-2-4-6-14/h2-6,9-10,12H,7-8,11H2,1H3,(H,21,22)(H2,19,23,24). The molecule has 0 aliphatic carbocycles. The molecule has 7 nitrogen and oxygen atoms in total. The molecule has 0 bridgehead atoms. The number of benzene rings is 2. The molecule has 1 aliphatic rings. The maximum absolute atomic E-state index is 12.1. The van der Waals surface area contributed by atoms with Crippen LogP contribution in [0, 0.1) is 5.92 Å². The van der Waals surface area contributed by atoms with Gasteiger partial charge in [-0.3, -0.25) is 0 Å². The molecule has 3 N–H and O–H groups in total. The first-order valence-corrected chi connectivity index (χ1v) is 9.72. The fourth-order valence-electron chi connectivity index (χ4n) is 3.02. The summed E-state index contributed by atoms with van der Waals surface area (Å²) in [6.07, 6.45) is 0.923.